The van der Waals surface area contributed by atoms with Crippen LogP contribution in [0.2, 0.25) is 0 Å². The Kier molecular flexibility index (Phi) is 3.72. The van der Waals surface area contributed by atoms with Gasteiger partial charge >= 0.3 is 6.18 Å². The van der Waals surface area contributed by atoms with Gasteiger partial charge in [0.15, 0.2) is 0 Å². The van der Waals surface area contributed by atoms with E-state index in [1.807, 2.05) is 13.8 Å². The lowest BCUT2D eigenvalue weighted by Crippen LogP contribution is -2.25. The third-order valence-corrected chi connectivity index (χ3v) is 1.91. The van der Waals surface area contributed by atoms with E-state index in [-0.39, 0.29) is 5.95 Å². The molecule has 1 aromatic heterocycles. The van der Waals surface area contributed by atoms with E-state index in [1.165, 1.54) is 0 Å². The second kappa shape index (κ2) is 4.67. The van der Waals surface area contributed by atoms with E-state index in [0.29, 0.717) is 12.5 Å². The van der Waals surface area contributed by atoms with Crippen molar-refractivity contribution in [2.24, 2.45) is 5.92 Å². The van der Waals surface area contributed by atoms with Crippen molar-refractivity contribution >= 4 is 5.95 Å². The minimum absolute atomic E-state index is 0.100. The van der Waals surface area contributed by atoms with Crippen molar-refractivity contribution in [1.29, 1.82) is 0 Å². The summed E-state index contributed by atoms with van der Waals surface area (Å²) in [6.07, 6.45) is -3.29. The van der Waals surface area contributed by atoms with Gasteiger partial charge in [-0.15, -0.1) is 0 Å². The molecule has 0 radical (unpaired) electrons. The Hall–Kier alpha value is -1.33. The molecule has 0 aliphatic carbocycles. The highest BCUT2D eigenvalue weighted by molar-refractivity contribution is 5.29. The van der Waals surface area contributed by atoms with Gasteiger partial charge in [0.1, 0.15) is 5.69 Å². The normalized spacial score (nSPS) is 11.9. The predicted octanol–water partition coefficient (Wildman–Crippen LogP) is 2.59. The second-order valence-corrected chi connectivity index (χ2v) is 4.01. The van der Waals surface area contributed by atoms with E-state index in [2.05, 4.69) is 9.97 Å². The van der Waals surface area contributed by atoms with Gasteiger partial charge < -0.3 is 4.90 Å². The van der Waals surface area contributed by atoms with Crippen LogP contribution >= 0.6 is 0 Å². The summed E-state index contributed by atoms with van der Waals surface area (Å²) >= 11 is 0. The molecule has 3 nitrogen and oxygen atoms in total. The summed E-state index contributed by atoms with van der Waals surface area (Å²) < 4.78 is 37.2. The summed E-state index contributed by atoms with van der Waals surface area (Å²) in [6, 6.07) is 0.868. The predicted molar refractivity (Wildman–Crippen MR) is 55.1 cm³/mol. The van der Waals surface area contributed by atoms with Crippen LogP contribution in [0.15, 0.2) is 12.3 Å². The van der Waals surface area contributed by atoms with Crippen LogP contribution in [0, 0.1) is 5.92 Å². The zero-order chi connectivity index (χ0) is 12.3. The first kappa shape index (κ1) is 12.7. The number of nitrogens with zero attached hydrogens (tertiary/aromatic N) is 3. The maximum absolute atomic E-state index is 12.4. The average molecular weight is 233 g/mol. The molecule has 1 heterocycles. The molecular weight excluding hydrogens is 219 g/mol. The standard InChI is InChI=1S/C10H14F3N3/c1-7(2)6-16(3)9-14-5-4-8(15-9)10(11,12)13/h4-5,7H,6H2,1-3H3. The smallest absolute Gasteiger partial charge is 0.344 e. The first-order valence-electron chi connectivity index (χ1n) is 4.92. The van der Waals surface area contributed by atoms with Gasteiger partial charge in [0.25, 0.3) is 0 Å². The molecule has 1 aromatic rings. The largest absolute Gasteiger partial charge is 0.433 e. The van der Waals surface area contributed by atoms with Crippen molar-refractivity contribution in [1.82, 2.24) is 9.97 Å². The summed E-state index contributed by atoms with van der Waals surface area (Å²) in [4.78, 5) is 8.92. The SMILES string of the molecule is CC(C)CN(C)c1nccc(C(F)(F)F)n1. The summed E-state index contributed by atoms with van der Waals surface area (Å²) in [5.74, 6) is 0.437. The van der Waals surface area contributed by atoms with Gasteiger partial charge in [-0.25, -0.2) is 9.97 Å². The monoisotopic (exact) mass is 233 g/mol. The zero-order valence-electron chi connectivity index (χ0n) is 9.41. The number of anilines is 1. The topological polar surface area (TPSA) is 29.0 Å². The first-order valence-corrected chi connectivity index (χ1v) is 4.92. The van der Waals surface area contributed by atoms with Crippen LogP contribution in [-0.2, 0) is 6.18 Å². The van der Waals surface area contributed by atoms with E-state index in [1.54, 1.807) is 11.9 Å². The molecule has 0 bridgehead atoms. The van der Waals surface area contributed by atoms with Crippen molar-refractivity contribution < 1.29 is 13.2 Å². The molecule has 16 heavy (non-hydrogen) atoms. The van der Waals surface area contributed by atoms with Crippen molar-refractivity contribution in [2.45, 2.75) is 20.0 Å². The number of aromatic nitrogens is 2. The maximum Gasteiger partial charge on any atom is 0.433 e. The third kappa shape index (κ3) is 3.36. The Labute approximate surface area is 92.3 Å². The fraction of sp³-hybridized carbons (Fsp3) is 0.600. The lowest BCUT2D eigenvalue weighted by atomic mass is 10.2. The number of hydrogen-bond donors (Lipinski definition) is 0. The van der Waals surface area contributed by atoms with Gasteiger partial charge in [0.05, 0.1) is 0 Å². The fourth-order valence-electron chi connectivity index (χ4n) is 1.32. The number of alkyl halides is 3. The van der Waals surface area contributed by atoms with Crippen LogP contribution < -0.4 is 4.90 Å². The summed E-state index contributed by atoms with van der Waals surface area (Å²) in [7, 11) is 1.68. The highest BCUT2D eigenvalue weighted by Gasteiger charge is 2.33. The van der Waals surface area contributed by atoms with Crippen LogP contribution in [0.1, 0.15) is 19.5 Å². The average Bonchev–Trinajstić information content (AvgIpc) is 2.15. The summed E-state index contributed by atoms with van der Waals surface area (Å²) in [5, 5.41) is 0. The quantitative estimate of drug-likeness (QED) is 0.803. The number of hydrogen-bond acceptors (Lipinski definition) is 3. The molecule has 0 atom stereocenters. The molecule has 6 heteroatoms. The summed E-state index contributed by atoms with van der Waals surface area (Å²) in [6.45, 7) is 4.57. The van der Waals surface area contributed by atoms with Crippen LogP contribution in [0.3, 0.4) is 0 Å². The van der Waals surface area contributed by atoms with E-state index < -0.39 is 11.9 Å². The third-order valence-electron chi connectivity index (χ3n) is 1.91. The first-order chi connectivity index (χ1) is 7.30. The molecule has 90 valence electrons. The highest BCUT2D eigenvalue weighted by Crippen LogP contribution is 2.27. The van der Waals surface area contributed by atoms with E-state index >= 15 is 0 Å². The minimum Gasteiger partial charge on any atom is -0.344 e. The molecule has 0 aliphatic rings. The molecule has 0 aromatic carbocycles. The molecule has 1 rings (SSSR count). The Morgan fingerprint density at radius 2 is 2.00 bits per heavy atom. The van der Waals surface area contributed by atoms with Crippen LogP contribution in [-0.4, -0.2) is 23.6 Å². The lowest BCUT2D eigenvalue weighted by molar-refractivity contribution is -0.141. The summed E-state index contributed by atoms with van der Waals surface area (Å²) in [5.41, 5.74) is -0.909. The van der Waals surface area contributed by atoms with Gasteiger partial charge in [0.2, 0.25) is 5.95 Å². The van der Waals surface area contributed by atoms with Gasteiger partial charge in [0, 0.05) is 19.8 Å². The molecule has 0 unspecified atom stereocenters. The molecule has 0 amide bonds. The molecule has 0 N–H and O–H groups in total. The highest BCUT2D eigenvalue weighted by atomic mass is 19.4. The number of rotatable bonds is 3. The molecule has 0 fully saturated rings. The minimum atomic E-state index is -4.42. The lowest BCUT2D eigenvalue weighted by Gasteiger charge is -2.19. The Morgan fingerprint density at radius 1 is 1.38 bits per heavy atom. The van der Waals surface area contributed by atoms with Gasteiger partial charge in [-0.05, 0) is 12.0 Å². The Morgan fingerprint density at radius 3 is 2.50 bits per heavy atom. The Bertz CT molecular complexity index is 349. The van der Waals surface area contributed by atoms with Crippen LogP contribution in [0.4, 0.5) is 19.1 Å². The van der Waals surface area contributed by atoms with E-state index in [0.717, 1.165) is 12.3 Å². The molecule has 0 aliphatic heterocycles. The van der Waals surface area contributed by atoms with Crippen LogP contribution in [0.25, 0.3) is 0 Å². The van der Waals surface area contributed by atoms with Gasteiger partial charge in [-0.2, -0.15) is 13.2 Å². The molecule has 0 saturated heterocycles. The zero-order valence-corrected chi connectivity index (χ0v) is 9.41. The second-order valence-electron chi connectivity index (χ2n) is 4.01. The van der Waals surface area contributed by atoms with Gasteiger partial charge in [-0.3, -0.25) is 0 Å². The van der Waals surface area contributed by atoms with E-state index in [4.69, 9.17) is 0 Å². The molecule has 0 spiro atoms. The van der Waals surface area contributed by atoms with Gasteiger partial charge in [-0.1, -0.05) is 13.8 Å². The van der Waals surface area contributed by atoms with Crippen molar-refractivity contribution in [2.75, 3.05) is 18.5 Å². The maximum atomic E-state index is 12.4. The van der Waals surface area contributed by atoms with Crippen molar-refractivity contribution in [3.05, 3.63) is 18.0 Å². The number of halogens is 3. The van der Waals surface area contributed by atoms with E-state index in [9.17, 15) is 13.2 Å². The van der Waals surface area contributed by atoms with Crippen molar-refractivity contribution in [3.63, 3.8) is 0 Å². The molecule has 0 saturated carbocycles. The molecular formula is C10H14F3N3. The fourth-order valence-corrected chi connectivity index (χ4v) is 1.32. The Balaban J connectivity index is 2.90. The van der Waals surface area contributed by atoms with Crippen LogP contribution in [0.5, 0.6) is 0 Å². The van der Waals surface area contributed by atoms with Crippen molar-refractivity contribution in [3.8, 4) is 0 Å².